The number of nitrogens with one attached hydrogen (secondary N) is 1. The average Bonchev–Trinajstić information content (AvgIpc) is 3.07. The van der Waals surface area contributed by atoms with Crippen molar-refractivity contribution in [3.63, 3.8) is 0 Å². The summed E-state index contributed by atoms with van der Waals surface area (Å²) in [6.07, 6.45) is 0. The van der Waals surface area contributed by atoms with Crippen molar-refractivity contribution in [1.29, 1.82) is 0 Å². The number of thiophene rings is 1. The second-order valence-electron chi connectivity index (χ2n) is 6.62. The van der Waals surface area contributed by atoms with E-state index in [1.165, 1.54) is 4.88 Å². The maximum Gasteiger partial charge on any atom is 0.248 e. The van der Waals surface area contributed by atoms with Crippen LogP contribution in [0.15, 0.2) is 36.4 Å². The molecular formula is C19H23ClN4O2S. The number of anilines is 1. The molecule has 0 saturated carbocycles. The molecule has 0 spiro atoms. The number of nitrogens with zero attached hydrogens (tertiary/aromatic N) is 2. The molecule has 1 aliphatic heterocycles. The van der Waals surface area contributed by atoms with Crippen LogP contribution in [0.25, 0.3) is 0 Å². The lowest BCUT2D eigenvalue weighted by atomic mass is 10.1. The Labute approximate surface area is 167 Å². The minimum absolute atomic E-state index is 0.0553. The lowest BCUT2D eigenvalue weighted by Gasteiger charge is -2.37. The van der Waals surface area contributed by atoms with Crippen molar-refractivity contribution in [3.8, 4) is 0 Å². The zero-order chi connectivity index (χ0) is 19.4. The van der Waals surface area contributed by atoms with Crippen LogP contribution in [0.3, 0.4) is 0 Å². The van der Waals surface area contributed by atoms with Gasteiger partial charge in [0.1, 0.15) is 0 Å². The molecule has 8 heteroatoms. The second kappa shape index (κ2) is 8.84. The van der Waals surface area contributed by atoms with Gasteiger partial charge in [-0.2, -0.15) is 0 Å². The number of hydrogen-bond acceptors (Lipinski definition) is 5. The van der Waals surface area contributed by atoms with Crippen molar-refractivity contribution in [2.45, 2.75) is 19.5 Å². The van der Waals surface area contributed by atoms with Gasteiger partial charge in [-0.1, -0.05) is 11.6 Å². The Morgan fingerprint density at radius 2 is 1.81 bits per heavy atom. The first-order valence-electron chi connectivity index (χ1n) is 8.84. The SMILES string of the molecule is C[C@@H](C(=O)Nc1ccc(C(N)=O)cc1)N1CCN(Cc2ccc(Cl)s2)CC1. The number of rotatable bonds is 6. The molecule has 0 bridgehead atoms. The molecule has 0 aliphatic carbocycles. The zero-order valence-electron chi connectivity index (χ0n) is 15.2. The van der Waals surface area contributed by atoms with E-state index < -0.39 is 5.91 Å². The zero-order valence-corrected chi connectivity index (χ0v) is 16.7. The van der Waals surface area contributed by atoms with E-state index >= 15 is 0 Å². The highest BCUT2D eigenvalue weighted by Gasteiger charge is 2.25. The third-order valence-corrected chi connectivity index (χ3v) is 6.00. The Balaban J connectivity index is 1.48. The number of carbonyl (C=O) groups is 2. The predicted molar refractivity (Wildman–Crippen MR) is 109 cm³/mol. The van der Waals surface area contributed by atoms with Gasteiger partial charge in [-0.25, -0.2) is 0 Å². The van der Waals surface area contributed by atoms with E-state index in [0.29, 0.717) is 11.3 Å². The van der Waals surface area contributed by atoms with Gasteiger partial charge in [0.2, 0.25) is 11.8 Å². The van der Waals surface area contributed by atoms with Crippen molar-refractivity contribution < 1.29 is 9.59 Å². The van der Waals surface area contributed by atoms with Crippen molar-refractivity contribution >= 4 is 40.4 Å². The fourth-order valence-corrected chi connectivity index (χ4v) is 4.23. The van der Waals surface area contributed by atoms with Crippen LogP contribution in [-0.4, -0.2) is 53.8 Å². The first kappa shape index (κ1) is 19.8. The Morgan fingerprint density at radius 1 is 1.15 bits per heavy atom. The normalized spacial score (nSPS) is 16.8. The number of primary amides is 1. The Bertz CT molecular complexity index is 800. The molecular weight excluding hydrogens is 384 g/mol. The summed E-state index contributed by atoms with van der Waals surface area (Å²) < 4.78 is 0.817. The van der Waals surface area contributed by atoms with Crippen molar-refractivity contribution in [3.05, 3.63) is 51.2 Å². The molecule has 144 valence electrons. The molecule has 1 aromatic heterocycles. The Morgan fingerprint density at radius 3 is 2.37 bits per heavy atom. The maximum atomic E-state index is 12.5. The van der Waals surface area contributed by atoms with Gasteiger partial charge in [-0.3, -0.25) is 19.4 Å². The van der Waals surface area contributed by atoms with Crippen LogP contribution in [0.5, 0.6) is 0 Å². The van der Waals surface area contributed by atoms with E-state index in [-0.39, 0.29) is 11.9 Å². The Hall–Kier alpha value is -1.93. The number of benzene rings is 1. The fourth-order valence-electron chi connectivity index (χ4n) is 3.10. The fraction of sp³-hybridized carbons (Fsp3) is 0.368. The van der Waals surface area contributed by atoms with Gasteiger partial charge in [0.25, 0.3) is 0 Å². The molecule has 2 amide bonds. The average molecular weight is 407 g/mol. The van der Waals surface area contributed by atoms with E-state index in [4.69, 9.17) is 17.3 Å². The minimum Gasteiger partial charge on any atom is -0.366 e. The van der Waals surface area contributed by atoms with Gasteiger partial charge >= 0.3 is 0 Å². The highest BCUT2D eigenvalue weighted by atomic mass is 35.5. The highest BCUT2D eigenvalue weighted by Crippen LogP contribution is 2.23. The Kier molecular flexibility index (Phi) is 6.49. The predicted octanol–water partition coefficient (Wildman–Crippen LogP) is 2.65. The van der Waals surface area contributed by atoms with E-state index in [0.717, 1.165) is 37.1 Å². The molecule has 2 aromatic rings. The molecule has 2 heterocycles. The van der Waals surface area contributed by atoms with Gasteiger partial charge < -0.3 is 11.1 Å². The third kappa shape index (κ3) is 5.29. The van der Waals surface area contributed by atoms with Gasteiger partial charge in [-0.05, 0) is 43.3 Å². The summed E-state index contributed by atoms with van der Waals surface area (Å²) in [5.74, 6) is -0.538. The van der Waals surface area contributed by atoms with Crippen molar-refractivity contribution in [2.24, 2.45) is 5.73 Å². The van der Waals surface area contributed by atoms with Crippen LogP contribution in [0.4, 0.5) is 5.69 Å². The standard InChI is InChI=1S/C19H23ClN4O2S/c1-13(19(26)22-15-4-2-14(3-5-15)18(21)25)24-10-8-23(9-11-24)12-16-6-7-17(20)27-16/h2-7,13H,8-12H2,1H3,(H2,21,25)(H,22,26)/t13-/m0/s1. The summed E-state index contributed by atoms with van der Waals surface area (Å²) in [5, 5.41) is 2.90. The summed E-state index contributed by atoms with van der Waals surface area (Å²) in [7, 11) is 0. The van der Waals surface area contributed by atoms with Crippen LogP contribution in [0.2, 0.25) is 4.34 Å². The topological polar surface area (TPSA) is 78.7 Å². The monoisotopic (exact) mass is 406 g/mol. The summed E-state index contributed by atoms with van der Waals surface area (Å²) in [4.78, 5) is 29.5. The number of carbonyl (C=O) groups excluding carboxylic acids is 2. The first-order chi connectivity index (χ1) is 12.9. The first-order valence-corrected chi connectivity index (χ1v) is 10.0. The highest BCUT2D eigenvalue weighted by molar-refractivity contribution is 7.16. The minimum atomic E-state index is -0.482. The van der Waals surface area contributed by atoms with Crippen molar-refractivity contribution in [1.82, 2.24) is 9.80 Å². The van der Waals surface area contributed by atoms with Crippen LogP contribution in [0, 0.1) is 0 Å². The number of nitrogens with two attached hydrogens (primary N) is 1. The molecule has 1 aromatic carbocycles. The van der Waals surface area contributed by atoms with E-state index in [1.807, 2.05) is 13.0 Å². The van der Waals surface area contributed by atoms with Gasteiger partial charge in [0.15, 0.2) is 0 Å². The number of hydrogen-bond donors (Lipinski definition) is 2. The molecule has 1 aliphatic rings. The lowest BCUT2D eigenvalue weighted by molar-refractivity contribution is -0.121. The maximum absolute atomic E-state index is 12.5. The largest absolute Gasteiger partial charge is 0.366 e. The van der Waals surface area contributed by atoms with Crippen LogP contribution < -0.4 is 11.1 Å². The molecule has 6 nitrogen and oxygen atoms in total. The number of piperazine rings is 1. The summed E-state index contributed by atoms with van der Waals surface area (Å²) in [6, 6.07) is 10.4. The summed E-state index contributed by atoms with van der Waals surface area (Å²) in [6.45, 7) is 6.34. The van der Waals surface area contributed by atoms with Crippen LogP contribution in [-0.2, 0) is 11.3 Å². The van der Waals surface area contributed by atoms with Crippen LogP contribution in [0.1, 0.15) is 22.2 Å². The van der Waals surface area contributed by atoms with Crippen molar-refractivity contribution in [2.75, 3.05) is 31.5 Å². The second-order valence-corrected chi connectivity index (χ2v) is 8.42. The number of halogens is 1. The molecule has 0 radical (unpaired) electrons. The van der Waals surface area contributed by atoms with E-state index in [1.54, 1.807) is 35.6 Å². The molecule has 1 fully saturated rings. The van der Waals surface area contributed by atoms with Gasteiger partial charge in [-0.15, -0.1) is 11.3 Å². The van der Waals surface area contributed by atoms with Crippen LogP contribution >= 0.6 is 22.9 Å². The quantitative estimate of drug-likeness (QED) is 0.773. The third-order valence-electron chi connectivity index (χ3n) is 4.78. The molecule has 1 saturated heterocycles. The smallest absolute Gasteiger partial charge is 0.248 e. The summed E-state index contributed by atoms with van der Waals surface area (Å²) in [5.41, 5.74) is 6.31. The molecule has 3 N–H and O–H groups in total. The molecule has 0 unspecified atom stereocenters. The van der Waals surface area contributed by atoms with E-state index in [2.05, 4.69) is 21.2 Å². The molecule has 27 heavy (non-hydrogen) atoms. The molecule has 1 atom stereocenters. The molecule has 3 rings (SSSR count). The van der Waals surface area contributed by atoms with Gasteiger partial charge in [0, 0.05) is 48.9 Å². The summed E-state index contributed by atoms with van der Waals surface area (Å²) >= 11 is 7.61. The lowest BCUT2D eigenvalue weighted by Crippen LogP contribution is -2.52. The van der Waals surface area contributed by atoms with Gasteiger partial charge in [0.05, 0.1) is 10.4 Å². The number of amides is 2. The van der Waals surface area contributed by atoms with E-state index in [9.17, 15) is 9.59 Å².